The molecule has 3 amide bonds. The Bertz CT molecular complexity index is 1150. The summed E-state index contributed by atoms with van der Waals surface area (Å²) in [5.74, 6) is -0.487. The fourth-order valence-corrected chi connectivity index (χ4v) is 5.17. The van der Waals surface area contributed by atoms with Gasteiger partial charge in [0.05, 0.1) is 33.0 Å². The second kappa shape index (κ2) is 29.9. The predicted molar refractivity (Wildman–Crippen MR) is 203 cm³/mol. The third-order valence-electron chi connectivity index (χ3n) is 7.86. The number of hydrogen-bond donors (Lipinski definition) is 3. The van der Waals surface area contributed by atoms with Crippen LogP contribution in [0.1, 0.15) is 123 Å². The van der Waals surface area contributed by atoms with Crippen molar-refractivity contribution >= 4 is 30.2 Å². The summed E-state index contributed by atoms with van der Waals surface area (Å²) < 4.78 is 28.0. The number of carbonyl (C=O) groups is 5. The molecule has 1 rings (SSSR count). The number of nitrogens with one attached hydrogen (secondary N) is 3. The van der Waals surface area contributed by atoms with E-state index in [1.165, 1.54) is 0 Å². The van der Waals surface area contributed by atoms with Gasteiger partial charge >= 0.3 is 12.1 Å². The average molecular weight is 750 g/mol. The highest BCUT2D eigenvalue weighted by Gasteiger charge is 2.33. The van der Waals surface area contributed by atoms with Gasteiger partial charge < -0.3 is 44.4 Å². The lowest BCUT2D eigenvalue weighted by molar-refractivity contribution is -0.145. The number of aldehydes is 1. The molecule has 0 fully saturated rings. The number of rotatable bonds is 32. The number of esters is 1. The van der Waals surface area contributed by atoms with E-state index >= 15 is 0 Å². The lowest BCUT2D eigenvalue weighted by atomic mass is 10.0. The number of unbranched alkanes of at least 4 members (excludes halogenated alkanes) is 7. The molecule has 1 atom stereocenters. The van der Waals surface area contributed by atoms with Crippen LogP contribution in [0.3, 0.4) is 0 Å². The second-order valence-corrected chi connectivity index (χ2v) is 14.3. The molecule has 0 aliphatic heterocycles. The molecule has 53 heavy (non-hydrogen) atoms. The average Bonchev–Trinajstić information content (AvgIpc) is 3.11. The van der Waals surface area contributed by atoms with Crippen LogP contribution in [0.5, 0.6) is 0 Å². The lowest BCUT2D eigenvalue weighted by Gasteiger charge is -2.34. The van der Waals surface area contributed by atoms with Gasteiger partial charge in [0.15, 0.2) is 0 Å². The lowest BCUT2D eigenvalue weighted by Crippen LogP contribution is -2.58. The fourth-order valence-electron chi connectivity index (χ4n) is 5.17. The van der Waals surface area contributed by atoms with Gasteiger partial charge in [-0.3, -0.25) is 14.4 Å². The van der Waals surface area contributed by atoms with E-state index in [9.17, 15) is 24.0 Å². The second-order valence-electron chi connectivity index (χ2n) is 14.3. The molecular formula is C40H67N3O10. The molecule has 0 aliphatic rings. The normalized spacial score (nSPS) is 12.4. The zero-order chi connectivity index (χ0) is 39.0. The van der Waals surface area contributed by atoms with Gasteiger partial charge in [0.2, 0.25) is 11.8 Å². The Morgan fingerprint density at radius 3 is 1.89 bits per heavy atom. The zero-order valence-corrected chi connectivity index (χ0v) is 32.8. The van der Waals surface area contributed by atoms with Gasteiger partial charge in [0.25, 0.3) is 0 Å². The number of hydrogen-bond acceptors (Lipinski definition) is 10. The van der Waals surface area contributed by atoms with Crippen LogP contribution in [0, 0.1) is 0 Å². The summed E-state index contributed by atoms with van der Waals surface area (Å²) in [4.78, 5) is 60.0. The van der Waals surface area contributed by atoms with E-state index in [4.69, 9.17) is 23.7 Å². The van der Waals surface area contributed by atoms with Gasteiger partial charge in [-0.25, -0.2) is 4.79 Å². The number of ether oxygens (including phenoxy) is 5. The van der Waals surface area contributed by atoms with Crippen molar-refractivity contribution in [1.29, 1.82) is 0 Å². The Balaban J connectivity index is 2.38. The minimum atomic E-state index is -0.979. The fraction of sp³-hybridized carbons (Fsp3) is 0.725. The standard InChI is InChI=1S/C40H67N3O10/c1-5-27-49-31-40(32-50-28-18-26-44,33-51-29-23-35(45)41-24-17-25-42-38(48)53-39(2,3)4)43-36(46)21-15-10-8-6-7-9-11-16-22-37(47)52-30-34-19-13-12-14-20-34/h12-14,19-20,26H,5-11,15-18,21-25,27-33H2,1-4H3,(H,41,45)(H,42,48)(H,43,46). The molecule has 302 valence electrons. The van der Waals surface area contributed by atoms with Crippen LogP contribution in [0.2, 0.25) is 0 Å². The molecule has 13 nitrogen and oxygen atoms in total. The van der Waals surface area contributed by atoms with Crippen LogP contribution in [-0.2, 0) is 49.5 Å². The van der Waals surface area contributed by atoms with Crippen LogP contribution in [-0.4, -0.2) is 94.0 Å². The summed E-state index contributed by atoms with van der Waals surface area (Å²) in [5, 5.41) is 8.56. The minimum absolute atomic E-state index is 0.0708. The molecule has 0 spiro atoms. The predicted octanol–water partition coefficient (Wildman–Crippen LogP) is 5.96. The van der Waals surface area contributed by atoms with Crippen LogP contribution in [0.25, 0.3) is 0 Å². The molecular weight excluding hydrogens is 682 g/mol. The maximum Gasteiger partial charge on any atom is 0.407 e. The minimum Gasteiger partial charge on any atom is -0.461 e. The van der Waals surface area contributed by atoms with Gasteiger partial charge in [-0.05, 0) is 52.0 Å². The maximum absolute atomic E-state index is 13.1. The maximum atomic E-state index is 13.1. The van der Waals surface area contributed by atoms with Gasteiger partial charge in [0, 0.05) is 45.4 Å². The SMILES string of the molecule is CCCOCC(COCCC=O)(COCCC(=O)NCCCNC(=O)OC(C)(C)C)NC(=O)CCCCCCCCCCC(=O)OCc1ccccc1. The van der Waals surface area contributed by atoms with Crippen molar-refractivity contribution in [2.45, 2.75) is 135 Å². The summed E-state index contributed by atoms with van der Waals surface area (Å²) in [5.41, 5.74) is -0.565. The van der Waals surface area contributed by atoms with E-state index < -0.39 is 17.2 Å². The quantitative estimate of drug-likeness (QED) is 0.0455. The van der Waals surface area contributed by atoms with Crippen molar-refractivity contribution < 1.29 is 47.7 Å². The van der Waals surface area contributed by atoms with E-state index in [0.717, 1.165) is 69.6 Å². The summed E-state index contributed by atoms with van der Waals surface area (Å²) >= 11 is 0. The molecule has 1 aromatic carbocycles. The largest absolute Gasteiger partial charge is 0.461 e. The van der Waals surface area contributed by atoms with E-state index in [-0.39, 0.29) is 63.7 Å². The molecule has 0 heterocycles. The van der Waals surface area contributed by atoms with Crippen molar-refractivity contribution in [3.05, 3.63) is 35.9 Å². The zero-order valence-electron chi connectivity index (χ0n) is 32.8. The summed E-state index contributed by atoms with van der Waals surface area (Å²) in [7, 11) is 0. The Hall–Kier alpha value is -3.55. The molecule has 13 heteroatoms. The Morgan fingerprint density at radius 2 is 1.26 bits per heavy atom. The van der Waals surface area contributed by atoms with Gasteiger partial charge in [-0.1, -0.05) is 75.8 Å². The van der Waals surface area contributed by atoms with Crippen LogP contribution in [0.4, 0.5) is 4.79 Å². The molecule has 0 saturated heterocycles. The monoisotopic (exact) mass is 749 g/mol. The van der Waals surface area contributed by atoms with E-state index in [2.05, 4.69) is 16.0 Å². The van der Waals surface area contributed by atoms with E-state index in [1.54, 1.807) is 20.8 Å². The first-order valence-corrected chi connectivity index (χ1v) is 19.4. The summed E-state index contributed by atoms with van der Waals surface area (Å²) in [6.45, 7) is 9.59. The molecule has 0 radical (unpaired) electrons. The molecule has 0 aromatic heterocycles. The first-order valence-electron chi connectivity index (χ1n) is 19.4. The Labute approximate surface area is 317 Å². The van der Waals surface area contributed by atoms with E-state index in [1.807, 2.05) is 37.3 Å². The summed E-state index contributed by atoms with van der Waals surface area (Å²) in [6, 6.07) is 9.67. The van der Waals surface area contributed by atoms with Crippen molar-refractivity contribution in [1.82, 2.24) is 16.0 Å². The first-order chi connectivity index (χ1) is 25.5. The highest BCUT2D eigenvalue weighted by atomic mass is 16.6. The smallest absolute Gasteiger partial charge is 0.407 e. The van der Waals surface area contributed by atoms with E-state index in [0.29, 0.717) is 45.6 Å². The van der Waals surface area contributed by atoms with Crippen LogP contribution in [0.15, 0.2) is 30.3 Å². The van der Waals surface area contributed by atoms with Gasteiger partial charge in [0.1, 0.15) is 24.0 Å². The highest BCUT2D eigenvalue weighted by Crippen LogP contribution is 2.14. The number of alkyl carbamates (subject to hydrolysis) is 1. The van der Waals surface area contributed by atoms with Gasteiger partial charge in [-0.15, -0.1) is 0 Å². The van der Waals surface area contributed by atoms with Crippen molar-refractivity contribution in [3.8, 4) is 0 Å². The van der Waals surface area contributed by atoms with Crippen LogP contribution < -0.4 is 16.0 Å². The van der Waals surface area contributed by atoms with Crippen molar-refractivity contribution in [2.75, 3.05) is 52.7 Å². The third-order valence-corrected chi connectivity index (χ3v) is 7.86. The molecule has 0 bridgehead atoms. The molecule has 0 aliphatic carbocycles. The van der Waals surface area contributed by atoms with Crippen LogP contribution >= 0.6 is 0 Å². The Kier molecular flexibility index (Phi) is 26.7. The topological polar surface area (TPSA) is 168 Å². The number of benzene rings is 1. The first kappa shape index (κ1) is 47.5. The third kappa shape index (κ3) is 27.7. The molecule has 0 saturated carbocycles. The Morgan fingerprint density at radius 1 is 0.679 bits per heavy atom. The molecule has 3 N–H and O–H groups in total. The number of amides is 3. The summed E-state index contributed by atoms with van der Waals surface area (Å²) in [6.07, 6.45) is 10.5. The molecule has 1 unspecified atom stereocenters. The highest BCUT2D eigenvalue weighted by molar-refractivity contribution is 5.77. The van der Waals surface area contributed by atoms with Crippen molar-refractivity contribution in [3.63, 3.8) is 0 Å². The molecule has 1 aromatic rings. The van der Waals surface area contributed by atoms with Gasteiger partial charge in [-0.2, -0.15) is 0 Å². The van der Waals surface area contributed by atoms with Crippen molar-refractivity contribution in [2.24, 2.45) is 0 Å². The number of carbonyl (C=O) groups excluding carboxylic acids is 5.